The van der Waals surface area contributed by atoms with Gasteiger partial charge in [-0.3, -0.25) is 14.5 Å². The molecule has 3 aliphatic carbocycles. The number of hydrogen-bond donors (Lipinski definition) is 5. The van der Waals surface area contributed by atoms with E-state index in [2.05, 4.69) is 13.8 Å². The number of phenols is 1. The number of likely N-dealkylation sites (N-methyl/N-ethyl adjacent to an activating group) is 1. The Kier molecular flexibility index (Phi) is 8.14. The van der Waals surface area contributed by atoms with Crippen LogP contribution in [0.1, 0.15) is 61.0 Å². The molecule has 1 aromatic carbocycles. The van der Waals surface area contributed by atoms with E-state index in [0.29, 0.717) is 23.7 Å². The number of aliphatic hydroxyl groups excluding tert-OH is 2. The summed E-state index contributed by atoms with van der Waals surface area (Å²) in [4.78, 5) is 39.7. The van der Waals surface area contributed by atoms with Crippen LogP contribution in [0.5, 0.6) is 5.75 Å². The fourth-order valence-corrected chi connectivity index (χ4v) is 6.38. The van der Waals surface area contributed by atoms with E-state index >= 15 is 0 Å². The van der Waals surface area contributed by atoms with Crippen molar-refractivity contribution >= 4 is 23.7 Å². The lowest BCUT2D eigenvalue weighted by Crippen LogP contribution is -2.59. The molecule has 10 nitrogen and oxygen atoms in total. The van der Waals surface area contributed by atoms with E-state index in [1.807, 2.05) is 0 Å². The molecule has 0 heterocycles. The Balaban J connectivity index is 1.70. The quantitative estimate of drug-likeness (QED) is 0.184. The first kappa shape index (κ1) is 29.4. The number of nitrogens with zero attached hydrogens (tertiary/aromatic N) is 1. The van der Waals surface area contributed by atoms with Crippen LogP contribution in [0.2, 0.25) is 0 Å². The third kappa shape index (κ3) is 5.13. The van der Waals surface area contributed by atoms with Gasteiger partial charge in [0.1, 0.15) is 22.9 Å². The van der Waals surface area contributed by atoms with Crippen molar-refractivity contribution in [3.8, 4) is 5.75 Å². The van der Waals surface area contributed by atoms with E-state index in [-0.39, 0.29) is 41.1 Å². The zero-order valence-corrected chi connectivity index (χ0v) is 23.3. The first-order chi connectivity index (χ1) is 18.8. The number of esters is 1. The molecule has 1 aromatic rings. The molecule has 1 amide bonds. The van der Waals surface area contributed by atoms with Gasteiger partial charge in [0.2, 0.25) is 5.91 Å². The standard InChI is InChI=1S/C30H38N2O8/c1-15(2)6-5-11-40-22(34)10-8-16-7-9-21(33)24-18(16)12-17-13-20-25(32(3)4)26(35)19(29(31)38)14-30(20,39)28(37)23(17)27(24)36/h7-10,15,17,20,25,33,35,37,39H,5-6,11-14H2,1-4H3,(H2,31,38)/b10-8+. The summed E-state index contributed by atoms with van der Waals surface area (Å²) in [5.41, 5.74) is 4.26. The van der Waals surface area contributed by atoms with Crippen LogP contribution in [0.4, 0.5) is 0 Å². The van der Waals surface area contributed by atoms with E-state index in [4.69, 9.17) is 10.5 Å². The van der Waals surface area contributed by atoms with Crippen LogP contribution in [-0.4, -0.2) is 75.3 Å². The smallest absolute Gasteiger partial charge is 0.330 e. The number of fused-ring (bicyclic) bond motifs is 3. The van der Waals surface area contributed by atoms with E-state index in [0.717, 1.165) is 12.8 Å². The summed E-state index contributed by atoms with van der Waals surface area (Å²) in [6.45, 7) is 4.49. The summed E-state index contributed by atoms with van der Waals surface area (Å²) >= 11 is 0. The molecule has 6 N–H and O–H groups in total. The van der Waals surface area contributed by atoms with Gasteiger partial charge in [-0.15, -0.1) is 0 Å². The Morgan fingerprint density at radius 3 is 2.55 bits per heavy atom. The van der Waals surface area contributed by atoms with Crippen molar-refractivity contribution in [2.75, 3.05) is 20.7 Å². The van der Waals surface area contributed by atoms with Crippen LogP contribution in [0.25, 0.3) is 6.08 Å². The lowest BCUT2D eigenvalue weighted by molar-refractivity contribution is -0.137. The molecule has 0 aliphatic heterocycles. The summed E-state index contributed by atoms with van der Waals surface area (Å²) in [6.07, 6.45) is 4.52. The second kappa shape index (κ2) is 11.1. The largest absolute Gasteiger partial charge is 0.510 e. The van der Waals surface area contributed by atoms with Gasteiger partial charge in [0, 0.05) is 24.0 Å². The first-order valence-corrected chi connectivity index (χ1v) is 13.6. The van der Waals surface area contributed by atoms with E-state index in [1.165, 1.54) is 12.1 Å². The van der Waals surface area contributed by atoms with Crippen LogP contribution in [0.3, 0.4) is 0 Å². The van der Waals surface area contributed by atoms with Gasteiger partial charge in [-0.2, -0.15) is 0 Å². The molecule has 0 radical (unpaired) electrons. The number of carbonyl (C=O) groups excluding carboxylic acids is 3. The predicted molar refractivity (Wildman–Crippen MR) is 147 cm³/mol. The van der Waals surface area contributed by atoms with Gasteiger partial charge >= 0.3 is 5.97 Å². The highest BCUT2D eigenvalue weighted by Crippen LogP contribution is 2.53. The number of ketones is 1. The van der Waals surface area contributed by atoms with E-state index < -0.39 is 53.3 Å². The van der Waals surface area contributed by atoms with E-state index in [9.17, 15) is 34.8 Å². The molecule has 0 saturated carbocycles. The molecule has 0 spiro atoms. The van der Waals surface area contributed by atoms with Gasteiger partial charge in [0.25, 0.3) is 0 Å². The number of phenolic OH excluding ortho intramolecular Hbond substituents is 1. The fourth-order valence-electron chi connectivity index (χ4n) is 6.38. The van der Waals surface area contributed by atoms with Gasteiger partial charge in [0.15, 0.2) is 5.78 Å². The minimum Gasteiger partial charge on any atom is -0.510 e. The monoisotopic (exact) mass is 554 g/mol. The SMILES string of the molecule is CC(C)CCCOC(=O)/C=C/c1ccc(O)c2c1CC1CC3C(N(C)C)C(O)=C(C(N)=O)CC3(O)C(O)=C1C2=O. The number of nitrogens with two attached hydrogens (primary N) is 1. The van der Waals surface area contributed by atoms with Gasteiger partial charge in [-0.1, -0.05) is 19.9 Å². The highest BCUT2D eigenvalue weighted by atomic mass is 16.5. The summed E-state index contributed by atoms with van der Waals surface area (Å²) in [6, 6.07) is 2.11. The lowest BCUT2D eigenvalue weighted by Gasteiger charge is -2.51. The van der Waals surface area contributed by atoms with Crippen molar-refractivity contribution in [1.29, 1.82) is 0 Å². The number of benzene rings is 1. The van der Waals surface area contributed by atoms with Crippen LogP contribution in [-0.2, 0) is 20.7 Å². The molecular formula is C30H38N2O8. The number of rotatable bonds is 8. The average Bonchev–Trinajstić information content (AvgIpc) is 2.86. The van der Waals surface area contributed by atoms with Crippen LogP contribution < -0.4 is 5.73 Å². The lowest BCUT2D eigenvalue weighted by atomic mass is 9.59. The molecule has 3 aliphatic rings. The number of aromatic hydroxyl groups is 1. The Morgan fingerprint density at radius 1 is 1.23 bits per heavy atom. The second-order valence-corrected chi connectivity index (χ2v) is 11.6. The topological polar surface area (TPSA) is 171 Å². The Hall–Kier alpha value is -3.63. The maximum absolute atomic E-state index is 13.7. The Morgan fingerprint density at radius 2 is 1.93 bits per heavy atom. The third-order valence-electron chi connectivity index (χ3n) is 8.31. The van der Waals surface area contributed by atoms with Crippen molar-refractivity contribution in [2.24, 2.45) is 23.5 Å². The van der Waals surface area contributed by atoms with Gasteiger partial charge in [0.05, 0.1) is 23.8 Å². The number of carbonyl (C=O) groups is 3. The number of ether oxygens (including phenoxy) is 1. The second-order valence-electron chi connectivity index (χ2n) is 11.6. The highest BCUT2D eigenvalue weighted by Gasteiger charge is 2.58. The van der Waals surface area contributed by atoms with Gasteiger partial charge in [-0.25, -0.2) is 4.79 Å². The molecule has 216 valence electrons. The summed E-state index contributed by atoms with van der Waals surface area (Å²) in [5, 5.41) is 44.7. The maximum Gasteiger partial charge on any atom is 0.330 e. The number of hydrogen-bond acceptors (Lipinski definition) is 9. The molecule has 4 atom stereocenters. The zero-order chi connectivity index (χ0) is 29.5. The number of primary amides is 1. The average molecular weight is 555 g/mol. The normalized spacial score (nSPS) is 26.3. The Bertz CT molecular complexity index is 1320. The van der Waals surface area contributed by atoms with Crippen LogP contribution >= 0.6 is 0 Å². The highest BCUT2D eigenvalue weighted by molar-refractivity contribution is 6.14. The van der Waals surface area contributed by atoms with Crippen molar-refractivity contribution in [1.82, 2.24) is 4.90 Å². The molecule has 10 heteroatoms. The minimum absolute atomic E-state index is 0.0132. The van der Waals surface area contributed by atoms with Gasteiger partial charge < -0.3 is 30.9 Å². The number of Topliss-reactive ketones (excluding diaryl/α,β-unsaturated/α-hetero) is 1. The molecule has 0 aromatic heterocycles. The molecule has 0 fully saturated rings. The molecule has 0 saturated heterocycles. The molecular weight excluding hydrogens is 516 g/mol. The van der Waals surface area contributed by atoms with E-state index in [1.54, 1.807) is 31.1 Å². The summed E-state index contributed by atoms with van der Waals surface area (Å²) < 4.78 is 5.27. The van der Waals surface area contributed by atoms with Gasteiger partial charge in [-0.05, 0) is 74.9 Å². The Labute approximate surface area is 233 Å². The molecule has 4 unspecified atom stereocenters. The van der Waals surface area contributed by atoms with Crippen LogP contribution in [0.15, 0.2) is 40.9 Å². The fraction of sp³-hybridized carbons (Fsp3) is 0.500. The van der Waals surface area contributed by atoms with Crippen molar-refractivity contribution < 1.29 is 39.5 Å². The molecule has 4 rings (SSSR count). The van der Waals surface area contributed by atoms with Crippen LogP contribution in [0, 0.1) is 17.8 Å². The van der Waals surface area contributed by atoms with Crippen molar-refractivity contribution in [3.63, 3.8) is 0 Å². The minimum atomic E-state index is -2.02. The van der Waals surface area contributed by atoms with Crippen molar-refractivity contribution in [3.05, 3.63) is 57.6 Å². The first-order valence-electron chi connectivity index (χ1n) is 13.6. The zero-order valence-electron chi connectivity index (χ0n) is 23.3. The summed E-state index contributed by atoms with van der Waals surface area (Å²) in [5.74, 6) is -4.00. The maximum atomic E-state index is 13.7. The predicted octanol–water partition coefficient (Wildman–Crippen LogP) is 2.93. The molecule has 40 heavy (non-hydrogen) atoms. The number of amides is 1. The molecule has 0 bridgehead atoms. The number of allylic oxidation sites excluding steroid dienone is 1. The summed E-state index contributed by atoms with van der Waals surface area (Å²) in [7, 11) is 3.34. The third-order valence-corrected chi connectivity index (χ3v) is 8.31. The number of aliphatic hydroxyl groups is 3. The van der Waals surface area contributed by atoms with Crippen molar-refractivity contribution in [2.45, 2.75) is 57.6 Å².